The summed E-state index contributed by atoms with van der Waals surface area (Å²) in [6, 6.07) is 22.8. The molecule has 6 nitrogen and oxygen atoms in total. The molecule has 0 aliphatic rings. The second-order valence-corrected chi connectivity index (χ2v) is 12.9. The molecule has 0 bridgehead atoms. The second kappa shape index (κ2) is 22.4. The number of rotatable bonds is 13. The summed E-state index contributed by atoms with van der Waals surface area (Å²) < 4.78 is 21.2. The fraction of sp³-hybridized carbons (Fsp3) is 0.188. The average molecular weight is 730 g/mol. The molecule has 0 radical (unpaired) electrons. The van der Waals surface area contributed by atoms with Gasteiger partial charge in [0.25, 0.3) is 0 Å². The van der Waals surface area contributed by atoms with E-state index in [2.05, 4.69) is 0 Å². The number of methoxy groups -OCH3 is 2. The Labute approximate surface area is 320 Å². The van der Waals surface area contributed by atoms with Gasteiger partial charge in [-0.05, 0) is 77.9 Å². The van der Waals surface area contributed by atoms with E-state index in [1.807, 2.05) is 31.2 Å². The molecule has 4 rings (SSSR count). The quantitative estimate of drug-likeness (QED) is 0.120. The molecule has 14 heteroatoms. The van der Waals surface area contributed by atoms with Crippen molar-refractivity contribution in [3.05, 3.63) is 110 Å². The van der Waals surface area contributed by atoms with Gasteiger partial charge in [0.15, 0.2) is 11.0 Å². The largest absolute Gasteiger partial charge is 1.00 e. The molecular formula is C32H32Cl4Li2O6P2. The van der Waals surface area contributed by atoms with Crippen molar-refractivity contribution in [2.24, 2.45) is 0 Å². The maximum atomic E-state index is 12.4. The minimum Gasteiger partial charge on any atom is -1.00 e. The first-order valence-corrected chi connectivity index (χ1v) is 16.7. The second-order valence-electron chi connectivity index (χ2n) is 8.74. The molecule has 0 fully saturated rings. The monoisotopic (exact) mass is 728 g/mol. The van der Waals surface area contributed by atoms with Crippen LogP contribution in [-0.4, -0.2) is 45.1 Å². The minimum atomic E-state index is -0.136. The topological polar surface area (TPSA) is 71.1 Å². The van der Waals surface area contributed by atoms with E-state index in [-0.39, 0.29) is 68.8 Å². The van der Waals surface area contributed by atoms with E-state index in [0.717, 1.165) is 16.4 Å². The van der Waals surface area contributed by atoms with Gasteiger partial charge in [0.1, 0.15) is 23.9 Å². The summed E-state index contributed by atoms with van der Waals surface area (Å²) in [5.74, 6) is 2.02. The van der Waals surface area contributed by atoms with E-state index in [1.165, 1.54) is 0 Å². The number of ether oxygens (including phenoxy) is 4. The molecular weight excluding hydrogens is 698 g/mol. The molecule has 46 heavy (non-hydrogen) atoms. The van der Waals surface area contributed by atoms with Crippen LogP contribution in [0.3, 0.4) is 0 Å². The van der Waals surface area contributed by atoms with Crippen LogP contribution in [0.1, 0.15) is 30.5 Å². The van der Waals surface area contributed by atoms with E-state index in [1.54, 1.807) is 68.8 Å². The van der Waals surface area contributed by atoms with Crippen LogP contribution in [-0.2, 0) is 4.74 Å². The molecule has 0 aromatic heterocycles. The number of carbonyl (C=O) groups excluding carboxylic acids is 2. The van der Waals surface area contributed by atoms with Crippen LogP contribution in [0.25, 0.3) is 0 Å². The van der Waals surface area contributed by atoms with Gasteiger partial charge >= 0.3 is 37.7 Å². The predicted molar refractivity (Wildman–Crippen MR) is 188 cm³/mol. The Kier molecular flexibility index (Phi) is 20.9. The van der Waals surface area contributed by atoms with Crippen molar-refractivity contribution in [1.29, 1.82) is 0 Å². The van der Waals surface area contributed by atoms with Crippen LogP contribution >= 0.6 is 63.6 Å². The van der Waals surface area contributed by atoms with Crippen molar-refractivity contribution in [3.63, 3.8) is 0 Å². The Balaban J connectivity index is 0. The Morgan fingerprint density at radius 3 is 1.65 bits per heavy atom. The van der Waals surface area contributed by atoms with Crippen molar-refractivity contribution in [1.82, 2.24) is 0 Å². The van der Waals surface area contributed by atoms with E-state index < -0.39 is 0 Å². The number of carbonyl (C=O) groups is 2. The summed E-state index contributed by atoms with van der Waals surface area (Å²) in [5.41, 5.74) is 0.517. The third-order valence-corrected chi connectivity index (χ3v) is 9.37. The molecule has 0 N–H and O–H groups in total. The Hall–Kier alpha value is -1.21. The molecule has 4 aromatic carbocycles. The normalized spacial score (nSPS) is 10.5. The van der Waals surface area contributed by atoms with Crippen LogP contribution in [0.4, 0.5) is 0 Å². The van der Waals surface area contributed by atoms with Crippen LogP contribution in [0.15, 0.2) is 78.9 Å². The van der Waals surface area contributed by atoms with Crippen LogP contribution in [0.5, 0.6) is 17.2 Å². The van der Waals surface area contributed by atoms with Gasteiger partial charge < -0.3 is 21.8 Å². The first kappa shape index (κ1) is 42.8. The molecule has 2 atom stereocenters. The number of benzene rings is 4. The first-order valence-electron chi connectivity index (χ1n) is 13.2. The fourth-order valence-electron chi connectivity index (χ4n) is 3.71. The molecule has 0 heterocycles. The zero-order chi connectivity index (χ0) is 32.1. The molecule has 4 aromatic rings. The fourth-order valence-corrected chi connectivity index (χ4v) is 7.25. The van der Waals surface area contributed by atoms with E-state index in [0.29, 0.717) is 62.5 Å². The number of hydrogen-bond donors (Lipinski definition) is 0. The summed E-state index contributed by atoms with van der Waals surface area (Å²) in [6.07, 6.45) is 0. The van der Waals surface area contributed by atoms with Gasteiger partial charge in [-0.15, -0.1) is 0 Å². The maximum absolute atomic E-state index is 12.4. The van der Waals surface area contributed by atoms with Crippen LogP contribution in [0.2, 0.25) is 20.1 Å². The van der Waals surface area contributed by atoms with Gasteiger partial charge in [-0.1, -0.05) is 70.7 Å². The Morgan fingerprint density at radius 1 is 0.674 bits per heavy atom. The van der Waals surface area contributed by atoms with Gasteiger partial charge in [-0.2, -0.15) is 0 Å². The third-order valence-electron chi connectivity index (χ3n) is 5.85. The minimum absolute atomic E-state index is 0. The summed E-state index contributed by atoms with van der Waals surface area (Å²) in [7, 11) is 2.95. The first-order chi connectivity index (χ1) is 21.2. The SMILES string of the molecule is CCOCCOc1ccc(PC(=O)c2c(Cl)cccc2Cl)cc1.COc1ccc(PC(=O)c2c(Cl)cccc2Cl)c(OC)c1.[H-].[H-].[Li+].[Li+]. The zero-order valence-electron chi connectivity index (χ0n) is 28.1. The van der Waals surface area contributed by atoms with Gasteiger partial charge in [0.05, 0.1) is 52.0 Å². The summed E-state index contributed by atoms with van der Waals surface area (Å²) >= 11 is 24.3. The van der Waals surface area contributed by atoms with E-state index >= 15 is 0 Å². The van der Waals surface area contributed by atoms with Crippen molar-refractivity contribution in [2.75, 3.05) is 34.0 Å². The van der Waals surface area contributed by atoms with Crippen molar-refractivity contribution < 1.29 is 69.1 Å². The van der Waals surface area contributed by atoms with Crippen molar-refractivity contribution in [3.8, 4) is 17.2 Å². The van der Waals surface area contributed by atoms with E-state index in [4.69, 9.17) is 65.4 Å². The molecule has 0 saturated heterocycles. The zero-order valence-corrected chi connectivity index (χ0v) is 31.1. The van der Waals surface area contributed by atoms with E-state index in [9.17, 15) is 9.59 Å². The van der Waals surface area contributed by atoms with Crippen molar-refractivity contribution in [2.45, 2.75) is 6.92 Å². The van der Waals surface area contributed by atoms with Gasteiger partial charge in [0, 0.05) is 18.0 Å². The molecule has 0 aliphatic heterocycles. The molecule has 0 spiro atoms. The van der Waals surface area contributed by atoms with Crippen LogP contribution in [0, 0.1) is 0 Å². The van der Waals surface area contributed by atoms with Crippen LogP contribution < -0.4 is 62.5 Å². The predicted octanol–water partition coefficient (Wildman–Crippen LogP) is 2.94. The molecule has 0 saturated carbocycles. The standard InChI is InChI=1S/C17H17Cl2O3P.C15H13Cl2O3P.2Li.2H/c1-2-21-10-11-22-12-6-8-13(9-7-12)23-17(20)16-14(18)4-3-5-15(16)19;1-19-9-6-7-13(12(8-9)20-2)21-15(18)14-10(16)4-3-5-11(14)17;;;;/h3-9,23H,2,10-11H2,1H3;3-8,21H,1-2H3;;;;/q;;2*+1;2*-1. The van der Waals surface area contributed by atoms with Gasteiger partial charge in [0.2, 0.25) is 0 Å². The molecule has 0 amide bonds. The Bertz CT molecular complexity index is 1550. The summed E-state index contributed by atoms with van der Waals surface area (Å²) in [6.45, 7) is 3.68. The van der Waals surface area contributed by atoms with Gasteiger partial charge in [-0.3, -0.25) is 9.59 Å². The summed E-state index contributed by atoms with van der Waals surface area (Å²) in [4.78, 5) is 24.8. The molecule has 0 aliphatic carbocycles. The molecule has 2 unspecified atom stereocenters. The average Bonchev–Trinajstić information content (AvgIpc) is 3.00. The third kappa shape index (κ3) is 13.0. The smallest absolute Gasteiger partial charge is 1.00 e. The maximum Gasteiger partial charge on any atom is 1.00 e. The van der Waals surface area contributed by atoms with Crippen molar-refractivity contribution >= 4 is 85.2 Å². The number of hydrogen-bond acceptors (Lipinski definition) is 6. The summed E-state index contributed by atoms with van der Waals surface area (Å²) in [5, 5.41) is 3.15. The van der Waals surface area contributed by atoms with Gasteiger partial charge in [-0.25, -0.2) is 0 Å². The Morgan fingerprint density at radius 2 is 1.17 bits per heavy atom. The molecule has 236 valence electrons. The number of halogens is 4.